The zero-order valence-electron chi connectivity index (χ0n) is 24.2. The average molecular weight is 485 g/mol. The highest BCUT2D eigenvalue weighted by Gasteiger charge is 2.65. The number of carbonyl (C=O) groups is 2. The molecule has 3 nitrogen and oxygen atoms in total. The summed E-state index contributed by atoms with van der Waals surface area (Å²) in [5, 5.41) is 0. The van der Waals surface area contributed by atoms with Crippen molar-refractivity contribution in [2.24, 2.45) is 45.3 Å². The van der Waals surface area contributed by atoms with Gasteiger partial charge in [-0.2, -0.15) is 0 Å². The monoisotopic (exact) mass is 484 g/mol. The number of ketones is 1. The van der Waals surface area contributed by atoms with Crippen LogP contribution in [0.3, 0.4) is 0 Å². The molecule has 0 bridgehead atoms. The maximum Gasteiger partial charge on any atom is 0.302 e. The molecule has 0 saturated heterocycles. The Morgan fingerprint density at radius 3 is 2.31 bits per heavy atom. The molecule has 4 aliphatic rings. The van der Waals surface area contributed by atoms with E-state index >= 15 is 0 Å². The molecule has 0 radical (unpaired) electrons. The van der Waals surface area contributed by atoms with E-state index < -0.39 is 0 Å². The average Bonchev–Trinajstić information content (AvgIpc) is 3.00. The molecule has 0 unspecified atom stereocenters. The summed E-state index contributed by atoms with van der Waals surface area (Å²) in [4.78, 5) is 26.0. The highest BCUT2D eigenvalue weighted by Crippen LogP contribution is 2.71. The van der Waals surface area contributed by atoms with Gasteiger partial charge >= 0.3 is 5.97 Å². The van der Waals surface area contributed by atoms with Crippen LogP contribution in [0.25, 0.3) is 0 Å². The largest absolute Gasteiger partial charge is 0.462 e. The van der Waals surface area contributed by atoms with E-state index in [1.807, 2.05) is 0 Å². The second-order valence-corrected chi connectivity index (χ2v) is 14.6. The Hall–Kier alpha value is -1.12. The Kier molecular flexibility index (Phi) is 6.94. The number of carbonyl (C=O) groups excluding carboxylic acids is 2. The number of ether oxygens (including phenoxy) is 1. The zero-order valence-corrected chi connectivity index (χ0v) is 24.2. The lowest BCUT2D eigenvalue weighted by atomic mass is 9.43. The molecule has 0 amide bonds. The lowest BCUT2D eigenvalue weighted by Gasteiger charge is -2.61. The molecule has 7 atom stereocenters. The summed E-state index contributed by atoms with van der Waals surface area (Å²) in [6, 6.07) is 0. The van der Waals surface area contributed by atoms with Crippen molar-refractivity contribution in [2.75, 3.05) is 0 Å². The van der Waals surface area contributed by atoms with E-state index in [0.717, 1.165) is 38.0 Å². The quantitative estimate of drug-likeness (QED) is 0.356. The van der Waals surface area contributed by atoms with Crippen molar-refractivity contribution in [3.05, 3.63) is 11.1 Å². The molecule has 198 valence electrons. The molecule has 4 rings (SSSR count). The van der Waals surface area contributed by atoms with Crippen LogP contribution in [0.5, 0.6) is 0 Å². The van der Waals surface area contributed by atoms with Gasteiger partial charge in [-0.05, 0) is 78.4 Å². The SMILES string of the molecule is CC(=O)O[C@H]1CC[C@]2(C)C3=C(CC[C@H]2C1(C)C)[C@]1(C)CC[C@H]([C@H](C)CCCC(C)C)[C@@]1(C)CC3=O. The Labute approximate surface area is 215 Å². The van der Waals surface area contributed by atoms with E-state index in [2.05, 4.69) is 55.4 Å². The summed E-state index contributed by atoms with van der Waals surface area (Å²) in [6.45, 7) is 20.6. The Balaban J connectivity index is 1.67. The number of hydrogen-bond donors (Lipinski definition) is 0. The molecule has 0 N–H and O–H groups in total. The maximum absolute atomic E-state index is 14.2. The van der Waals surface area contributed by atoms with Crippen LogP contribution in [0.4, 0.5) is 0 Å². The third-order valence-electron chi connectivity index (χ3n) is 11.9. The topological polar surface area (TPSA) is 43.4 Å². The van der Waals surface area contributed by atoms with Crippen LogP contribution in [-0.2, 0) is 14.3 Å². The third-order valence-corrected chi connectivity index (χ3v) is 11.9. The minimum atomic E-state index is -0.182. The van der Waals surface area contributed by atoms with Crippen molar-refractivity contribution in [1.82, 2.24) is 0 Å². The van der Waals surface area contributed by atoms with Crippen molar-refractivity contribution < 1.29 is 14.3 Å². The zero-order chi connectivity index (χ0) is 26.0. The minimum absolute atomic E-state index is 0.0534. The molecular weight excluding hydrogens is 432 g/mol. The molecule has 3 heteroatoms. The summed E-state index contributed by atoms with van der Waals surface area (Å²) in [5.74, 6) is 2.72. The van der Waals surface area contributed by atoms with Crippen molar-refractivity contribution in [3.8, 4) is 0 Å². The first-order valence-electron chi connectivity index (χ1n) is 14.6. The van der Waals surface area contributed by atoms with Crippen molar-refractivity contribution in [2.45, 2.75) is 133 Å². The van der Waals surface area contributed by atoms with Gasteiger partial charge in [0, 0.05) is 24.3 Å². The van der Waals surface area contributed by atoms with E-state index in [1.165, 1.54) is 50.2 Å². The smallest absolute Gasteiger partial charge is 0.302 e. The fourth-order valence-electron chi connectivity index (χ4n) is 9.88. The number of hydrogen-bond acceptors (Lipinski definition) is 3. The Bertz CT molecular complexity index is 896. The van der Waals surface area contributed by atoms with Gasteiger partial charge in [-0.3, -0.25) is 9.59 Å². The molecule has 0 aromatic heterocycles. The number of allylic oxidation sites excluding steroid dienone is 2. The van der Waals surface area contributed by atoms with Gasteiger partial charge in [0.25, 0.3) is 0 Å². The molecule has 0 aromatic carbocycles. The van der Waals surface area contributed by atoms with Gasteiger partial charge in [0.05, 0.1) is 0 Å². The van der Waals surface area contributed by atoms with Gasteiger partial charge in [-0.1, -0.05) is 80.2 Å². The molecule has 0 aliphatic heterocycles. The second kappa shape index (κ2) is 9.02. The highest BCUT2D eigenvalue weighted by molar-refractivity contribution is 6.00. The van der Waals surface area contributed by atoms with Crippen LogP contribution in [0, 0.1) is 45.3 Å². The molecule has 4 aliphatic carbocycles. The molecule has 35 heavy (non-hydrogen) atoms. The first-order chi connectivity index (χ1) is 16.2. The van der Waals surface area contributed by atoms with E-state index in [-0.39, 0.29) is 33.7 Å². The molecule has 2 fully saturated rings. The summed E-state index contributed by atoms with van der Waals surface area (Å²) in [5.41, 5.74) is 2.72. The number of fused-ring (bicyclic) bond motifs is 4. The van der Waals surface area contributed by atoms with E-state index in [0.29, 0.717) is 23.5 Å². The molecule has 2 saturated carbocycles. The van der Waals surface area contributed by atoms with E-state index in [4.69, 9.17) is 4.74 Å². The van der Waals surface area contributed by atoms with Crippen molar-refractivity contribution in [3.63, 3.8) is 0 Å². The van der Waals surface area contributed by atoms with Gasteiger partial charge in [0.2, 0.25) is 0 Å². The normalized spacial score (nSPS) is 41.3. The standard InChI is InChI=1S/C32H52O3/c1-20(2)11-10-12-21(3)23-15-18-31(8)24-13-14-26-29(5,6)27(35-22(4)33)16-17-30(26,7)28(24)25(34)19-32(23,31)9/h20-21,23,26-27H,10-19H2,1-9H3/t21-,23-,26+,27+,30+,31+,32-/m1/s1. The maximum atomic E-state index is 14.2. The number of rotatable bonds is 6. The Morgan fingerprint density at radius 1 is 1.00 bits per heavy atom. The summed E-state index contributed by atoms with van der Waals surface area (Å²) in [6.07, 6.45) is 11.0. The van der Waals surface area contributed by atoms with Gasteiger partial charge < -0.3 is 4.74 Å². The molecular formula is C32H52O3. The fraction of sp³-hybridized carbons (Fsp3) is 0.875. The fourth-order valence-corrected chi connectivity index (χ4v) is 9.88. The third kappa shape index (κ3) is 4.06. The van der Waals surface area contributed by atoms with Crippen LogP contribution in [0.15, 0.2) is 11.1 Å². The minimum Gasteiger partial charge on any atom is -0.462 e. The summed E-state index contributed by atoms with van der Waals surface area (Å²) >= 11 is 0. The molecule has 0 aromatic rings. The Morgan fingerprint density at radius 2 is 1.69 bits per heavy atom. The van der Waals surface area contributed by atoms with Crippen LogP contribution in [0.1, 0.15) is 127 Å². The second-order valence-electron chi connectivity index (χ2n) is 14.6. The first-order valence-corrected chi connectivity index (χ1v) is 14.6. The number of Topliss-reactive ketones (excluding diaryl/α,β-unsaturated/α-hetero) is 1. The first kappa shape index (κ1) is 26.9. The molecule has 0 heterocycles. The predicted octanol–water partition coefficient (Wildman–Crippen LogP) is 8.31. The van der Waals surface area contributed by atoms with Gasteiger partial charge in [0.1, 0.15) is 6.10 Å². The highest BCUT2D eigenvalue weighted by atomic mass is 16.5. The lowest BCUT2D eigenvalue weighted by Crippen LogP contribution is -2.57. The van der Waals surface area contributed by atoms with E-state index in [9.17, 15) is 9.59 Å². The van der Waals surface area contributed by atoms with Crippen LogP contribution in [-0.4, -0.2) is 17.9 Å². The van der Waals surface area contributed by atoms with E-state index in [1.54, 1.807) is 0 Å². The van der Waals surface area contributed by atoms with Crippen LogP contribution >= 0.6 is 0 Å². The van der Waals surface area contributed by atoms with Crippen LogP contribution in [0.2, 0.25) is 0 Å². The van der Waals surface area contributed by atoms with Gasteiger partial charge in [-0.25, -0.2) is 0 Å². The predicted molar refractivity (Wildman–Crippen MR) is 143 cm³/mol. The van der Waals surface area contributed by atoms with Gasteiger partial charge in [0.15, 0.2) is 5.78 Å². The van der Waals surface area contributed by atoms with Crippen LogP contribution < -0.4 is 0 Å². The van der Waals surface area contributed by atoms with Crippen molar-refractivity contribution >= 4 is 11.8 Å². The van der Waals surface area contributed by atoms with Gasteiger partial charge in [-0.15, -0.1) is 0 Å². The lowest BCUT2D eigenvalue weighted by molar-refractivity contribution is -0.168. The molecule has 0 spiro atoms. The summed E-state index contributed by atoms with van der Waals surface area (Å²) in [7, 11) is 0. The van der Waals surface area contributed by atoms with Crippen molar-refractivity contribution in [1.29, 1.82) is 0 Å². The summed E-state index contributed by atoms with van der Waals surface area (Å²) < 4.78 is 5.82. The number of esters is 1.